The van der Waals surface area contributed by atoms with Gasteiger partial charge in [-0.15, -0.1) is 0 Å². The maximum atomic E-state index is 13.1. The molecule has 1 aliphatic heterocycles. The molecule has 1 heterocycles. The standard InChI is InChI=1S/C18H27NO/c1-5-18(4,19-12-7-6-8-13-19)17(20)16-11-9-10-14(2)15(16)3/h9-11H,5-8,12-13H2,1-4H3. The van der Waals surface area contributed by atoms with Gasteiger partial charge in [0.2, 0.25) is 0 Å². The van der Waals surface area contributed by atoms with Crippen molar-refractivity contribution in [1.82, 2.24) is 4.90 Å². The van der Waals surface area contributed by atoms with Crippen LogP contribution in [0, 0.1) is 13.8 Å². The number of likely N-dealkylation sites (tertiary alicyclic amines) is 1. The van der Waals surface area contributed by atoms with Crippen LogP contribution in [0.3, 0.4) is 0 Å². The fourth-order valence-electron chi connectivity index (χ4n) is 3.20. The van der Waals surface area contributed by atoms with E-state index < -0.39 is 0 Å². The highest BCUT2D eigenvalue weighted by Gasteiger charge is 2.39. The van der Waals surface area contributed by atoms with Crippen LogP contribution in [0.1, 0.15) is 61.0 Å². The smallest absolute Gasteiger partial charge is 0.183 e. The van der Waals surface area contributed by atoms with E-state index in [1.54, 1.807) is 0 Å². The van der Waals surface area contributed by atoms with Crippen molar-refractivity contribution in [3.05, 3.63) is 34.9 Å². The number of carbonyl (C=O) groups excluding carboxylic acids is 1. The summed E-state index contributed by atoms with van der Waals surface area (Å²) in [5.74, 6) is 0.295. The summed E-state index contributed by atoms with van der Waals surface area (Å²) >= 11 is 0. The summed E-state index contributed by atoms with van der Waals surface area (Å²) in [5, 5.41) is 0. The van der Waals surface area contributed by atoms with E-state index in [2.05, 4.69) is 38.7 Å². The van der Waals surface area contributed by atoms with E-state index in [1.165, 1.54) is 24.8 Å². The van der Waals surface area contributed by atoms with E-state index in [0.717, 1.165) is 30.6 Å². The van der Waals surface area contributed by atoms with Crippen LogP contribution in [0.25, 0.3) is 0 Å². The Morgan fingerprint density at radius 3 is 2.45 bits per heavy atom. The van der Waals surface area contributed by atoms with Gasteiger partial charge in [-0.2, -0.15) is 0 Å². The molecule has 2 rings (SSSR count). The van der Waals surface area contributed by atoms with Gasteiger partial charge in [0.05, 0.1) is 5.54 Å². The van der Waals surface area contributed by atoms with Crippen LogP contribution in [-0.2, 0) is 0 Å². The quantitative estimate of drug-likeness (QED) is 0.768. The monoisotopic (exact) mass is 273 g/mol. The lowest BCUT2D eigenvalue weighted by Gasteiger charge is -2.42. The SMILES string of the molecule is CCC(C)(C(=O)c1cccc(C)c1C)N1CCCCC1. The van der Waals surface area contributed by atoms with E-state index >= 15 is 0 Å². The van der Waals surface area contributed by atoms with Crippen molar-refractivity contribution in [2.75, 3.05) is 13.1 Å². The maximum Gasteiger partial charge on any atom is 0.183 e. The Hall–Kier alpha value is -1.15. The first-order valence-electron chi connectivity index (χ1n) is 7.86. The van der Waals surface area contributed by atoms with Crippen molar-refractivity contribution in [1.29, 1.82) is 0 Å². The molecular weight excluding hydrogens is 246 g/mol. The first kappa shape index (κ1) is 15.2. The summed E-state index contributed by atoms with van der Waals surface area (Å²) in [4.78, 5) is 15.5. The van der Waals surface area contributed by atoms with Crippen molar-refractivity contribution in [3.8, 4) is 0 Å². The van der Waals surface area contributed by atoms with Crippen molar-refractivity contribution in [3.63, 3.8) is 0 Å². The van der Waals surface area contributed by atoms with Gasteiger partial charge < -0.3 is 0 Å². The average molecular weight is 273 g/mol. The average Bonchev–Trinajstić information content (AvgIpc) is 2.49. The molecule has 1 aliphatic rings. The summed E-state index contributed by atoms with van der Waals surface area (Å²) in [7, 11) is 0. The van der Waals surface area contributed by atoms with E-state index in [9.17, 15) is 4.79 Å². The Labute approximate surface area is 123 Å². The van der Waals surface area contributed by atoms with Crippen LogP contribution in [-0.4, -0.2) is 29.3 Å². The molecule has 1 aromatic rings. The minimum absolute atomic E-state index is 0.295. The molecule has 0 amide bonds. The van der Waals surface area contributed by atoms with Crippen molar-refractivity contribution in [2.45, 2.75) is 58.9 Å². The zero-order valence-electron chi connectivity index (χ0n) is 13.3. The second-order valence-corrected chi connectivity index (χ2v) is 6.25. The maximum absolute atomic E-state index is 13.1. The zero-order valence-corrected chi connectivity index (χ0v) is 13.3. The molecule has 0 spiro atoms. The third-order valence-corrected chi connectivity index (χ3v) is 5.08. The number of benzene rings is 1. The Kier molecular flexibility index (Phi) is 4.64. The second-order valence-electron chi connectivity index (χ2n) is 6.25. The van der Waals surface area contributed by atoms with Gasteiger partial charge in [-0.1, -0.05) is 31.5 Å². The summed E-state index contributed by atoms with van der Waals surface area (Å²) < 4.78 is 0. The lowest BCUT2D eigenvalue weighted by molar-refractivity contribution is 0.0505. The third kappa shape index (κ3) is 2.67. The number of carbonyl (C=O) groups is 1. The Bertz CT molecular complexity index is 488. The number of aryl methyl sites for hydroxylation is 1. The third-order valence-electron chi connectivity index (χ3n) is 5.08. The van der Waals surface area contributed by atoms with E-state index in [4.69, 9.17) is 0 Å². The van der Waals surface area contributed by atoms with E-state index in [1.807, 2.05) is 12.1 Å². The molecule has 0 aromatic heterocycles. The van der Waals surface area contributed by atoms with Gasteiger partial charge in [0.1, 0.15) is 0 Å². The van der Waals surface area contributed by atoms with Gasteiger partial charge in [0, 0.05) is 5.56 Å². The topological polar surface area (TPSA) is 20.3 Å². The van der Waals surface area contributed by atoms with Crippen LogP contribution >= 0.6 is 0 Å². The minimum atomic E-state index is -0.348. The first-order chi connectivity index (χ1) is 9.50. The highest BCUT2D eigenvalue weighted by Crippen LogP contribution is 2.29. The van der Waals surface area contributed by atoms with Crippen molar-refractivity contribution < 1.29 is 4.79 Å². The van der Waals surface area contributed by atoms with E-state index in [-0.39, 0.29) is 5.54 Å². The molecule has 1 saturated heterocycles. The summed E-state index contributed by atoms with van der Waals surface area (Å²) in [6.45, 7) is 10.5. The summed E-state index contributed by atoms with van der Waals surface area (Å²) in [6, 6.07) is 6.07. The van der Waals surface area contributed by atoms with Crippen LogP contribution in [0.5, 0.6) is 0 Å². The van der Waals surface area contributed by atoms with Crippen LogP contribution < -0.4 is 0 Å². The number of hydrogen-bond acceptors (Lipinski definition) is 2. The molecule has 0 saturated carbocycles. The molecule has 2 nitrogen and oxygen atoms in total. The Morgan fingerprint density at radius 2 is 1.85 bits per heavy atom. The van der Waals surface area contributed by atoms with Gasteiger partial charge >= 0.3 is 0 Å². The van der Waals surface area contributed by atoms with Gasteiger partial charge in [-0.25, -0.2) is 0 Å². The van der Waals surface area contributed by atoms with Crippen LogP contribution in [0.15, 0.2) is 18.2 Å². The fraction of sp³-hybridized carbons (Fsp3) is 0.611. The van der Waals surface area contributed by atoms with Crippen LogP contribution in [0.2, 0.25) is 0 Å². The molecule has 1 fully saturated rings. The summed E-state index contributed by atoms with van der Waals surface area (Å²) in [6.07, 6.45) is 4.61. The molecule has 20 heavy (non-hydrogen) atoms. The molecule has 2 heteroatoms. The second kappa shape index (κ2) is 6.09. The molecule has 1 unspecified atom stereocenters. The minimum Gasteiger partial charge on any atom is -0.292 e. The lowest BCUT2D eigenvalue weighted by atomic mass is 9.83. The molecule has 0 radical (unpaired) electrons. The highest BCUT2D eigenvalue weighted by molar-refractivity contribution is 6.04. The van der Waals surface area contributed by atoms with E-state index in [0.29, 0.717) is 5.78 Å². The largest absolute Gasteiger partial charge is 0.292 e. The molecule has 0 aliphatic carbocycles. The van der Waals surface area contributed by atoms with Gasteiger partial charge in [0.15, 0.2) is 5.78 Å². The summed E-state index contributed by atoms with van der Waals surface area (Å²) in [5.41, 5.74) is 2.89. The molecular formula is C18H27NO. The number of ketones is 1. The number of rotatable bonds is 4. The highest BCUT2D eigenvalue weighted by atomic mass is 16.1. The number of Topliss-reactive ketones (excluding diaryl/α,β-unsaturated/α-hetero) is 1. The predicted octanol–water partition coefficient (Wildman–Crippen LogP) is 4.14. The fourth-order valence-corrected chi connectivity index (χ4v) is 3.20. The normalized spacial score (nSPS) is 19.6. The number of hydrogen-bond donors (Lipinski definition) is 0. The number of nitrogens with zero attached hydrogens (tertiary/aromatic N) is 1. The first-order valence-corrected chi connectivity index (χ1v) is 7.86. The Balaban J connectivity index is 2.34. The molecule has 110 valence electrons. The predicted molar refractivity (Wildman–Crippen MR) is 84.4 cm³/mol. The van der Waals surface area contributed by atoms with Crippen molar-refractivity contribution in [2.24, 2.45) is 0 Å². The number of piperidine rings is 1. The molecule has 1 atom stereocenters. The molecule has 0 bridgehead atoms. The van der Waals surface area contributed by atoms with Gasteiger partial charge in [0.25, 0.3) is 0 Å². The Morgan fingerprint density at radius 1 is 1.20 bits per heavy atom. The molecule has 0 N–H and O–H groups in total. The van der Waals surface area contributed by atoms with Gasteiger partial charge in [-0.05, 0) is 64.3 Å². The van der Waals surface area contributed by atoms with Crippen LogP contribution in [0.4, 0.5) is 0 Å². The van der Waals surface area contributed by atoms with Gasteiger partial charge in [-0.3, -0.25) is 9.69 Å². The van der Waals surface area contributed by atoms with Crippen molar-refractivity contribution >= 4 is 5.78 Å². The zero-order chi connectivity index (χ0) is 14.8. The molecule has 1 aromatic carbocycles. The lowest BCUT2D eigenvalue weighted by Crippen LogP contribution is -2.54.